The summed E-state index contributed by atoms with van der Waals surface area (Å²) in [6.07, 6.45) is 1.26. The average molecular weight is 290 g/mol. The Kier molecular flexibility index (Phi) is 4.81. The highest BCUT2D eigenvalue weighted by molar-refractivity contribution is 7.92. The summed E-state index contributed by atoms with van der Waals surface area (Å²) in [5.74, 6) is 0. The minimum Gasteiger partial charge on any atom is -0.311 e. The van der Waals surface area contributed by atoms with Gasteiger partial charge in [-0.1, -0.05) is 23.7 Å². The van der Waals surface area contributed by atoms with E-state index in [9.17, 15) is 8.42 Å². The van der Waals surface area contributed by atoms with Crippen molar-refractivity contribution >= 4 is 21.4 Å². The SMILES string of the molecule is Cc1ccc(CNCC(C)(C)S(C)(=O)=O)cc1Cl. The van der Waals surface area contributed by atoms with E-state index < -0.39 is 14.6 Å². The topological polar surface area (TPSA) is 46.2 Å². The summed E-state index contributed by atoms with van der Waals surface area (Å²) in [6.45, 7) is 6.41. The lowest BCUT2D eigenvalue weighted by atomic mass is 10.1. The number of halogens is 1. The lowest BCUT2D eigenvalue weighted by molar-refractivity contribution is 0.521. The molecule has 0 fully saturated rings. The molecule has 5 heteroatoms. The van der Waals surface area contributed by atoms with E-state index in [2.05, 4.69) is 5.32 Å². The van der Waals surface area contributed by atoms with Crippen molar-refractivity contribution in [2.24, 2.45) is 0 Å². The van der Waals surface area contributed by atoms with Crippen LogP contribution in [0.1, 0.15) is 25.0 Å². The second-order valence-corrected chi connectivity index (χ2v) is 8.28. The Bertz CT molecular complexity index is 524. The van der Waals surface area contributed by atoms with E-state index in [0.717, 1.165) is 16.1 Å². The Balaban J connectivity index is 2.60. The van der Waals surface area contributed by atoms with Gasteiger partial charge in [0, 0.05) is 24.4 Å². The zero-order chi connectivity index (χ0) is 14.0. The van der Waals surface area contributed by atoms with Crippen molar-refractivity contribution in [3.05, 3.63) is 34.3 Å². The summed E-state index contributed by atoms with van der Waals surface area (Å²) in [5.41, 5.74) is 2.09. The molecule has 0 radical (unpaired) electrons. The van der Waals surface area contributed by atoms with Crippen LogP contribution in [0.2, 0.25) is 5.02 Å². The summed E-state index contributed by atoms with van der Waals surface area (Å²) in [7, 11) is -3.06. The molecule has 0 amide bonds. The van der Waals surface area contributed by atoms with E-state index in [0.29, 0.717) is 13.1 Å². The minimum absolute atomic E-state index is 0.414. The second kappa shape index (κ2) is 5.59. The molecule has 0 heterocycles. The molecule has 0 saturated heterocycles. The van der Waals surface area contributed by atoms with Gasteiger partial charge in [0.05, 0.1) is 4.75 Å². The van der Waals surface area contributed by atoms with Crippen molar-refractivity contribution < 1.29 is 8.42 Å². The summed E-state index contributed by atoms with van der Waals surface area (Å²) in [5, 5.41) is 3.89. The van der Waals surface area contributed by atoms with Crippen LogP contribution >= 0.6 is 11.6 Å². The van der Waals surface area contributed by atoms with Crippen molar-refractivity contribution in [3.8, 4) is 0 Å². The molecule has 102 valence electrons. The van der Waals surface area contributed by atoms with Crippen LogP contribution in [-0.2, 0) is 16.4 Å². The molecule has 1 N–H and O–H groups in total. The minimum atomic E-state index is -3.06. The Morgan fingerprint density at radius 1 is 1.33 bits per heavy atom. The van der Waals surface area contributed by atoms with Crippen molar-refractivity contribution in [2.45, 2.75) is 32.1 Å². The lowest BCUT2D eigenvalue weighted by Crippen LogP contribution is -2.41. The number of hydrogen-bond donors (Lipinski definition) is 1. The highest BCUT2D eigenvalue weighted by Gasteiger charge is 2.29. The van der Waals surface area contributed by atoms with Gasteiger partial charge < -0.3 is 5.32 Å². The number of aryl methyl sites for hydroxylation is 1. The predicted molar refractivity (Wildman–Crippen MR) is 76.8 cm³/mol. The fourth-order valence-electron chi connectivity index (χ4n) is 1.39. The average Bonchev–Trinajstić information content (AvgIpc) is 2.21. The van der Waals surface area contributed by atoms with Gasteiger partial charge in [0.25, 0.3) is 0 Å². The first-order valence-electron chi connectivity index (χ1n) is 5.79. The second-order valence-electron chi connectivity index (χ2n) is 5.22. The molecule has 0 aliphatic heterocycles. The van der Waals surface area contributed by atoms with E-state index in [1.165, 1.54) is 6.26 Å². The largest absolute Gasteiger partial charge is 0.311 e. The van der Waals surface area contributed by atoms with Crippen molar-refractivity contribution in [1.29, 1.82) is 0 Å². The molecule has 3 nitrogen and oxygen atoms in total. The summed E-state index contributed by atoms with van der Waals surface area (Å²) < 4.78 is 22.3. The zero-order valence-electron chi connectivity index (χ0n) is 11.2. The van der Waals surface area contributed by atoms with Gasteiger partial charge in [-0.2, -0.15) is 0 Å². The molecule has 0 unspecified atom stereocenters. The van der Waals surface area contributed by atoms with Gasteiger partial charge in [-0.3, -0.25) is 0 Å². The summed E-state index contributed by atoms with van der Waals surface area (Å²) >= 11 is 6.03. The van der Waals surface area contributed by atoms with E-state index in [4.69, 9.17) is 11.6 Å². The number of sulfone groups is 1. The first-order valence-corrected chi connectivity index (χ1v) is 8.06. The number of rotatable bonds is 5. The molecule has 0 bridgehead atoms. The highest BCUT2D eigenvalue weighted by atomic mass is 35.5. The molecule has 1 aromatic carbocycles. The lowest BCUT2D eigenvalue weighted by Gasteiger charge is -2.22. The van der Waals surface area contributed by atoms with Crippen LogP contribution in [0.15, 0.2) is 18.2 Å². The molecular weight excluding hydrogens is 270 g/mol. The molecule has 18 heavy (non-hydrogen) atoms. The zero-order valence-corrected chi connectivity index (χ0v) is 12.8. The Hall–Kier alpha value is -0.580. The molecule has 0 aliphatic carbocycles. The van der Waals surface area contributed by atoms with Crippen LogP contribution in [0.25, 0.3) is 0 Å². The first kappa shape index (κ1) is 15.5. The van der Waals surface area contributed by atoms with E-state index in [1.807, 2.05) is 25.1 Å². The smallest absolute Gasteiger partial charge is 0.153 e. The van der Waals surface area contributed by atoms with Crippen molar-refractivity contribution in [3.63, 3.8) is 0 Å². The summed E-state index contributed by atoms with van der Waals surface area (Å²) in [6, 6.07) is 5.85. The Morgan fingerprint density at radius 3 is 2.44 bits per heavy atom. The third kappa shape index (κ3) is 3.97. The number of hydrogen-bond acceptors (Lipinski definition) is 3. The van der Waals surface area contributed by atoms with Crippen LogP contribution in [-0.4, -0.2) is 26.0 Å². The maximum absolute atomic E-state index is 11.5. The fraction of sp³-hybridized carbons (Fsp3) is 0.538. The van der Waals surface area contributed by atoms with E-state index in [1.54, 1.807) is 13.8 Å². The standard InChI is InChI=1S/C13H20ClNO2S/c1-10-5-6-11(7-12(10)14)8-15-9-13(2,3)18(4,16)17/h5-7,15H,8-9H2,1-4H3. The van der Waals surface area contributed by atoms with Gasteiger partial charge in [-0.05, 0) is 38.0 Å². The van der Waals surface area contributed by atoms with Gasteiger partial charge >= 0.3 is 0 Å². The maximum Gasteiger partial charge on any atom is 0.153 e. The van der Waals surface area contributed by atoms with Crippen LogP contribution in [0.5, 0.6) is 0 Å². The molecule has 1 rings (SSSR count). The van der Waals surface area contributed by atoms with Gasteiger partial charge in [0.2, 0.25) is 0 Å². The van der Waals surface area contributed by atoms with Crippen LogP contribution in [0, 0.1) is 6.92 Å². The van der Waals surface area contributed by atoms with Crippen LogP contribution < -0.4 is 5.32 Å². The van der Waals surface area contributed by atoms with Crippen molar-refractivity contribution in [1.82, 2.24) is 5.32 Å². The molecule has 0 aliphatic rings. The van der Waals surface area contributed by atoms with Crippen LogP contribution in [0.3, 0.4) is 0 Å². The normalized spacial score (nSPS) is 12.7. The predicted octanol–water partition coefficient (Wildman–Crippen LogP) is 2.56. The molecule has 0 atom stereocenters. The molecule has 0 saturated carbocycles. The molecular formula is C13H20ClNO2S. The Labute approximate surface area is 114 Å². The third-order valence-electron chi connectivity index (χ3n) is 3.12. The van der Waals surface area contributed by atoms with Gasteiger partial charge in [-0.15, -0.1) is 0 Å². The van der Waals surface area contributed by atoms with Crippen molar-refractivity contribution in [2.75, 3.05) is 12.8 Å². The van der Waals surface area contributed by atoms with Gasteiger partial charge in [0.1, 0.15) is 0 Å². The molecule has 0 spiro atoms. The van der Waals surface area contributed by atoms with E-state index in [-0.39, 0.29) is 0 Å². The fourth-order valence-corrected chi connectivity index (χ4v) is 1.95. The first-order chi connectivity index (χ1) is 8.13. The Morgan fingerprint density at radius 2 is 1.94 bits per heavy atom. The number of benzene rings is 1. The highest BCUT2D eigenvalue weighted by Crippen LogP contribution is 2.17. The van der Waals surface area contributed by atoms with Gasteiger partial charge in [0.15, 0.2) is 9.84 Å². The number of nitrogens with one attached hydrogen (secondary N) is 1. The van der Waals surface area contributed by atoms with E-state index >= 15 is 0 Å². The third-order valence-corrected chi connectivity index (χ3v) is 5.68. The quantitative estimate of drug-likeness (QED) is 0.906. The van der Waals surface area contributed by atoms with Crippen LogP contribution in [0.4, 0.5) is 0 Å². The monoisotopic (exact) mass is 289 g/mol. The molecule has 0 aromatic heterocycles. The summed E-state index contributed by atoms with van der Waals surface area (Å²) in [4.78, 5) is 0. The molecule has 1 aromatic rings. The maximum atomic E-state index is 11.5. The van der Waals surface area contributed by atoms with Gasteiger partial charge in [-0.25, -0.2) is 8.42 Å².